The van der Waals surface area contributed by atoms with E-state index in [4.69, 9.17) is 0 Å². The van der Waals surface area contributed by atoms with Gasteiger partial charge in [-0.3, -0.25) is 0 Å². The van der Waals surface area contributed by atoms with Gasteiger partial charge in [0.1, 0.15) is 5.21 Å². The molecule has 0 aliphatic rings. The maximum atomic E-state index is 12.4. The quantitative estimate of drug-likeness (QED) is 0.313. The number of hydrogen-bond donors (Lipinski definition) is 0. The minimum atomic E-state index is -0.294. The molecule has 1 heterocycles. The van der Waals surface area contributed by atoms with Gasteiger partial charge in [0, 0.05) is 6.08 Å². The number of carbonyl (C=O) groups is 1. The average Bonchev–Trinajstić information content (AvgIpc) is 2.92. The van der Waals surface area contributed by atoms with Crippen LogP contribution in [0.25, 0.3) is 11.0 Å². The Morgan fingerprint density at radius 1 is 1.08 bits per heavy atom. The Morgan fingerprint density at radius 3 is 2.46 bits per heavy atom. The summed E-state index contributed by atoms with van der Waals surface area (Å²) in [6, 6.07) is 6.91. The Morgan fingerprint density at radius 2 is 1.73 bits per heavy atom. The summed E-state index contributed by atoms with van der Waals surface area (Å²) in [6.45, 7) is 8.30. The maximum absolute atomic E-state index is 12.4. The van der Waals surface area contributed by atoms with Crippen LogP contribution < -0.4 is 4.85 Å². The molecular weight excluding hydrogens is 326 g/mol. The van der Waals surface area contributed by atoms with Crippen LogP contribution in [0.2, 0.25) is 0 Å². The molecule has 2 rings (SSSR count). The molecule has 138 valence electrons. The molecule has 0 saturated carbocycles. The summed E-state index contributed by atoms with van der Waals surface area (Å²) in [5.74, 6) is -0.294. The zero-order valence-corrected chi connectivity index (χ0v) is 16.0. The molecular formula is C21H27N3O2. The number of carbonyl (C=O) groups excluding carboxylic acids is 1. The minimum Gasteiger partial charge on any atom is -0.691 e. The van der Waals surface area contributed by atoms with E-state index >= 15 is 0 Å². The predicted octanol–water partition coefficient (Wildman–Crippen LogP) is 4.73. The molecule has 1 aromatic heterocycles. The highest BCUT2D eigenvalue weighted by Gasteiger charge is 2.19. The van der Waals surface area contributed by atoms with Gasteiger partial charge in [0.05, 0.1) is 0 Å². The van der Waals surface area contributed by atoms with Crippen molar-refractivity contribution in [3.63, 3.8) is 0 Å². The first-order valence-corrected chi connectivity index (χ1v) is 8.96. The van der Waals surface area contributed by atoms with Crippen LogP contribution in [0, 0.1) is 5.21 Å². The molecule has 0 spiro atoms. The van der Waals surface area contributed by atoms with Crippen LogP contribution in [0.1, 0.15) is 58.2 Å². The van der Waals surface area contributed by atoms with E-state index in [0.29, 0.717) is 15.9 Å². The number of nitrogens with zero attached hydrogens (tertiary/aromatic N) is 3. The molecule has 0 fully saturated rings. The zero-order valence-electron chi connectivity index (χ0n) is 16.0. The molecule has 0 aliphatic heterocycles. The topological polar surface area (TPSA) is 61.8 Å². The first-order chi connectivity index (χ1) is 12.4. The second-order valence-corrected chi connectivity index (χ2v) is 6.90. The third-order valence-corrected chi connectivity index (χ3v) is 4.19. The fourth-order valence-electron chi connectivity index (χ4n) is 2.73. The summed E-state index contributed by atoms with van der Waals surface area (Å²) in [5, 5.41) is 15.5. The third kappa shape index (κ3) is 5.41. The molecule has 2 aromatic rings. The predicted molar refractivity (Wildman–Crippen MR) is 105 cm³/mol. The van der Waals surface area contributed by atoms with Crippen molar-refractivity contribution in [1.29, 1.82) is 0 Å². The molecule has 5 heteroatoms. The van der Waals surface area contributed by atoms with Gasteiger partial charge < -0.3 is 5.21 Å². The van der Waals surface area contributed by atoms with Crippen molar-refractivity contribution in [2.24, 2.45) is 0 Å². The molecule has 0 aliphatic carbocycles. The average molecular weight is 353 g/mol. The first-order valence-electron chi connectivity index (χ1n) is 8.96. The van der Waals surface area contributed by atoms with Gasteiger partial charge in [0.25, 0.3) is 0 Å². The number of fused-ring (bicyclic) bond motifs is 1. The van der Waals surface area contributed by atoms with Crippen molar-refractivity contribution in [2.75, 3.05) is 0 Å². The van der Waals surface area contributed by atoms with E-state index < -0.39 is 0 Å². The van der Waals surface area contributed by atoms with Crippen LogP contribution in [0.3, 0.4) is 0 Å². The van der Waals surface area contributed by atoms with Crippen LogP contribution in [-0.4, -0.2) is 15.8 Å². The minimum absolute atomic E-state index is 0.294. The number of allylic oxidation sites excluding steroid dienone is 6. The Kier molecular flexibility index (Phi) is 6.89. The Labute approximate surface area is 154 Å². The zero-order chi connectivity index (χ0) is 19.1. The maximum Gasteiger partial charge on any atom is 0.359 e. The fourth-order valence-corrected chi connectivity index (χ4v) is 2.73. The van der Waals surface area contributed by atoms with Gasteiger partial charge in [0.15, 0.2) is 0 Å². The van der Waals surface area contributed by atoms with Crippen LogP contribution >= 0.6 is 0 Å². The van der Waals surface area contributed by atoms with E-state index in [0.717, 1.165) is 35.9 Å². The van der Waals surface area contributed by atoms with Gasteiger partial charge in [-0.25, -0.2) is 4.79 Å². The van der Waals surface area contributed by atoms with Crippen LogP contribution in [0.5, 0.6) is 0 Å². The van der Waals surface area contributed by atoms with Crippen molar-refractivity contribution in [3.05, 3.63) is 64.4 Å². The normalized spacial score (nSPS) is 12.5. The largest absolute Gasteiger partial charge is 0.691 e. The second kappa shape index (κ2) is 9.13. The van der Waals surface area contributed by atoms with Crippen LogP contribution in [0.4, 0.5) is 0 Å². The summed E-state index contributed by atoms with van der Waals surface area (Å²) in [6.07, 6.45) is 9.88. The smallest absolute Gasteiger partial charge is 0.359 e. The Hall–Kier alpha value is -2.69. The molecule has 5 nitrogen and oxygen atoms in total. The van der Waals surface area contributed by atoms with Gasteiger partial charge in [-0.15, -0.1) is 4.85 Å². The van der Waals surface area contributed by atoms with Gasteiger partial charge in [-0.05, 0) is 65.5 Å². The van der Waals surface area contributed by atoms with Crippen LogP contribution in [0.15, 0.2) is 59.2 Å². The third-order valence-electron chi connectivity index (χ3n) is 4.19. The fraction of sp³-hybridized carbons (Fsp3) is 0.381. The standard InChI is InChI=1S/C21H27N3O2/c1-16(2)9-7-10-17(3)11-8-12-18(4)15-21(25)23-19-13-5-6-14-20(19)24(26)22-23/h5-6,9,11,13-15H,7-8,10,12H2,1-4H3. The highest BCUT2D eigenvalue weighted by atomic mass is 16.5. The van der Waals surface area contributed by atoms with E-state index in [2.05, 4.69) is 38.1 Å². The van der Waals surface area contributed by atoms with E-state index in [1.54, 1.807) is 30.3 Å². The van der Waals surface area contributed by atoms with Crippen molar-refractivity contribution in [1.82, 2.24) is 9.90 Å². The lowest BCUT2D eigenvalue weighted by molar-refractivity contribution is -0.645. The molecule has 0 radical (unpaired) electrons. The van der Waals surface area contributed by atoms with Gasteiger partial charge in [-0.2, -0.15) is 0 Å². The van der Waals surface area contributed by atoms with Gasteiger partial charge in [-0.1, -0.05) is 45.7 Å². The van der Waals surface area contributed by atoms with Crippen LogP contribution in [-0.2, 0) is 0 Å². The van der Waals surface area contributed by atoms with E-state index in [1.165, 1.54) is 11.1 Å². The molecule has 0 N–H and O–H groups in total. The highest BCUT2D eigenvalue weighted by molar-refractivity contribution is 5.95. The Balaban J connectivity index is 1.96. The van der Waals surface area contributed by atoms with E-state index in [9.17, 15) is 10.0 Å². The molecule has 0 unspecified atom stereocenters. The van der Waals surface area contributed by atoms with E-state index in [-0.39, 0.29) is 5.91 Å². The molecule has 0 amide bonds. The van der Waals surface area contributed by atoms with Crippen molar-refractivity contribution in [3.8, 4) is 0 Å². The van der Waals surface area contributed by atoms with Crippen molar-refractivity contribution in [2.45, 2.75) is 53.4 Å². The summed E-state index contributed by atoms with van der Waals surface area (Å²) >= 11 is 0. The van der Waals surface area contributed by atoms with Gasteiger partial charge >= 0.3 is 5.91 Å². The Bertz CT molecular complexity index is 869. The van der Waals surface area contributed by atoms with Crippen molar-refractivity contribution >= 4 is 16.9 Å². The summed E-state index contributed by atoms with van der Waals surface area (Å²) in [5.41, 5.74) is 4.60. The molecule has 0 atom stereocenters. The van der Waals surface area contributed by atoms with E-state index in [1.807, 2.05) is 6.92 Å². The molecule has 0 bridgehead atoms. The number of benzene rings is 1. The molecule has 0 saturated heterocycles. The van der Waals surface area contributed by atoms with Gasteiger partial charge in [0.2, 0.25) is 11.0 Å². The second-order valence-electron chi connectivity index (χ2n) is 6.90. The SMILES string of the molecule is CC(C)=CCCC(C)=CCCC(C)=CC(=O)n1n[n+]([O-])c2ccccc21. The monoisotopic (exact) mass is 353 g/mol. The number of aromatic nitrogens is 3. The number of hydrogen-bond acceptors (Lipinski definition) is 3. The first kappa shape index (κ1) is 19.6. The summed E-state index contributed by atoms with van der Waals surface area (Å²) in [7, 11) is 0. The summed E-state index contributed by atoms with van der Waals surface area (Å²) in [4.78, 5) is 12.9. The highest BCUT2D eigenvalue weighted by Crippen LogP contribution is 2.13. The molecule has 26 heavy (non-hydrogen) atoms. The lowest BCUT2D eigenvalue weighted by Crippen LogP contribution is -2.30. The molecule has 1 aromatic carbocycles. The summed E-state index contributed by atoms with van der Waals surface area (Å²) < 4.78 is 1.16. The number of para-hydroxylation sites is 2. The lowest BCUT2D eigenvalue weighted by atomic mass is 10.1. The number of rotatable bonds is 7. The van der Waals surface area contributed by atoms with Crippen molar-refractivity contribution < 1.29 is 9.64 Å². The lowest BCUT2D eigenvalue weighted by Gasteiger charge is -2.00.